The van der Waals surface area contributed by atoms with Gasteiger partial charge in [-0.05, 0) is 38.1 Å². The highest BCUT2D eigenvalue weighted by Gasteiger charge is 2.14. The smallest absolute Gasteiger partial charge is 0.169 e. The Morgan fingerprint density at radius 3 is 2.41 bits per heavy atom. The average Bonchev–Trinajstić information content (AvgIpc) is 3.30. The fraction of sp³-hybridized carbons (Fsp3) is 0.304. The summed E-state index contributed by atoms with van der Waals surface area (Å²) in [6.45, 7) is 7.00. The van der Waals surface area contributed by atoms with Gasteiger partial charge in [0, 0.05) is 31.9 Å². The lowest BCUT2D eigenvalue weighted by molar-refractivity contribution is 0.247. The number of imidazole rings is 1. The number of benzene rings is 2. The maximum atomic E-state index is 6.09. The van der Waals surface area contributed by atoms with Gasteiger partial charge in [-0.1, -0.05) is 30.3 Å². The number of aromatic nitrogens is 2. The van der Waals surface area contributed by atoms with E-state index < -0.39 is 0 Å². The lowest BCUT2D eigenvalue weighted by Crippen LogP contribution is -2.23. The van der Waals surface area contributed by atoms with Gasteiger partial charge in [0.1, 0.15) is 17.8 Å². The third kappa shape index (κ3) is 5.85. The number of hydrazone groups is 1. The van der Waals surface area contributed by atoms with Crippen molar-refractivity contribution < 1.29 is 9.47 Å². The van der Waals surface area contributed by atoms with Gasteiger partial charge in [-0.15, -0.1) is 0 Å². The molecule has 0 aliphatic heterocycles. The fourth-order valence-corrected chi connectivity index (χ4v) is 2.85. The van der Waals surface area contributed by atoms with Crippen molar-refractivity contribution in [1.82, 2.24) is 14.6 Å². The first-order chi connectivity index (χ1) is 14.3. The van der Waals surface area contributed by atoms with Crippen molar-refractivity contribution in [2.75, 3.05) is 26.3 Å². The largest absolute Gasteiger partial charge is 0.493 e. The highest BCUT2D eigenvalue weighted by molar-refractivity contribution is 6.02. The summed E-state index contributed by atoms with van der Waals surface area (Å²) in [7, 11) is 0. The van der Waals surface area contributed by atoms with E-state index in [2.05, 4.69) is 18.8 Å². The van der Waals surface area contributed by atoms with Crippen molar-refractivity contribution in [2.24, 2.45) is 5.10 Å². The molecule has 29 heavy (non-hydrogen) atoms. The van der Waals surface area contributed by atoms with Crippen LogP contribution < -0.4 is 9.47 Å². The topological polar surface area (TPSA) is 51.9 Å². The number of ether oxygens (including phenoxy) is 2. The third-order valence-electron chi connectivity index (χ3n) is 4.40. The molecule has 0 radical (unpaired) electrons. The molecule has 1 heterocycles. The van der Waals surface area contributed by atoms with E-state index >= 15 is 0 Å². The molecule has 0 spiro atoms. The maximum absolute atomic E-state index is 6.09. The normalized spacial score (nSPS) is 11.3. The minimum Gasteiger partial charge on any atom is -0.493 e. The molecular weight excluding hydrogens is 364 g/mol. The van der Waals surface area contributed by atoms with Crippen molar-refractivity contribution in [3.8, 4) is 11.5 Å². The van der Waals surface area contributed by atoms with Crippen LogP contribution >= 0.6 is 0 Å². The van der Waals surface area contributed by atoms with Gasteiger partial charge in [0.2, 0.25) is 0 Å². The summed E-state index contributed by atoms with van der Waals surface area (Å²) in [5.41, 5.74) is 0.932. The van der Waals surface area contributed by atoms with Crippen molar-refractivity contribution in [1.29, 1.82) is 0 Å². The molecule has 0 unspecified atom stereocenters. The van der Waals surface area contributed by atoms with Crippen LogP contribution in [0.15, 0.2) is 78.4 Å². The number of hydrogen-bond acceptors (Lipinski definition) is 5. The molecule has 0 atom stereocenters. The zero-order valence-electron chi connectivity index (χ0n) is 17.1. The molecule has 0 aliphatic carbocycles. The molecule has 0 saturated heterocycles. The first kappa shape index (κ1) is 20.5. The van der Waals surface area contributed by atoms with Crippen LogP contribution in [0.25, 0.3) is 0 Å². The van der Waals surface area contributed by atoms with E-state index in [1.54, 1.807) is 12.5 Å². The molecule has 0 amide bonds. The van der Waals surface area contributed by atoms with E-state index in [4.69, 9.17) is 14.6 Å². The Balaban J connectivity index is 1.69. The number of nitrogens with zero attached hydrogens (tertiary/aromatic N) is 4. The zero-order chi connectivity index (χ0) is 20.3. The maximum Gasteiger partial charge on any atom is 0.169 e. The molecule has 0 bridgehead atoms. The highest BCUT2D eigenvalue weighted by atomic mass is 16.5. The van der Waals surface area contributed by atoms with Gasteiger partial charge in [0.25, 0.3) is 0 Å². The van der Waals surface area contributed by atoms with E-state index in [9.17, 15) is 0 Å². The lowest BCUT2D eigenvalue weighted by Gasteiger charge is -2.19. The molecule has 3 rings (SSSR count). The molecule has 1 aromatic heterocycles. The summed E-state index contributed by atoms with van der Waals surface area (Å²) in [6.07, 6.45) is 6.19. The van der Waals surface area contributed by atoms with Crippen molar-refractivity contribution in [3.63, 3.8) is 0 Å². The van der Waals surface area contributed by atoms with Crippen molar-refractivity contribution in [2.45, 2.75) is 20.3 Å². The molecule has 6 heteroatoms. The van der Waals surface area contributed by atoms with Crippen LogP contribution in [0.4, 0.5) is 0 Å². The van der Waals surface area contributed by atoms with Gasteiger partial charge in [-0.25, -0.2) is 4.98 Å². The summed E-state index contributed by atoms with van der Waals surface area (Å²) in [6, 6.07) is 17.8. The third-order valence-corrected chi connectivity index (χ3v) is 4.40. The summed E-state index contributed by atoms with van der Waals surface area (Å²) in [4.78, 5) is 4.18. The minimum absolute atomic E-state index is 0.562. The van der Waals surface area contributed by atoms with Crippen LogP contribution in [0.2, 0.25) is 0 Å². The summed E-state index contributed by atoms with van der Waals surface area (Å²) in [5.74, 6) is 2.47. The summed E-state index contributed by atoms with van der Waals surface area (Å²) in [5, 5.41) is 6.85. The highest BCUT2D eigenvalue weighted by Crippen LogP contribution is 2.21. The average molecular weight is 393 g/mol. The Morgan fingerprint density at radius 1 is 0.966 bits per heavy atom. The Morgan fingerprint density at radius 2 is 1.69 bits per heavy atom. The molecule has 0 N–H and O–H groups in total. The number of para-hydroxylation sites is 2. The lowest BCUT2D eigenvalue weighted by atomic mass is 10.2. The molecular formula is C23H28N4O2. The molecule has 6 nitrogen and oxygen atoms in total. The van der Waals surface area contributed by atoms with Crippen LogP contribution in [0.1, 0.15) is 25.8 Å². The van der Waals surface area contributed by atoms with Gasteiger partial charge >= 0.3 is 0 Å². The van der Waals surface area contributed by atoms with Crippen molar-refractivity contribution >= 4 is 5.84 Å². The van der Waals surface area contributed by atoms with Crippen molar-refractivity contribution in [3.05, 3.63) is 78.9 Å². The Bertz CT molecular complexity index is 875. The van der Waals surface area contributed by atoms with Crippen LogP contribution in [-0.4, -0.2) is 46.7 Å². The van der Waals surface area contributed by atoms with Gasteiger partial charge in [-0.2, -0.15) is 5.10 Å². The van der Waals surface area contributed by atoms with Gasteiger partial charge in [0.15, 0.2) is 5.84 Å². The second kappa shape index (κ2) is 10.9. The number of hydrogen-bond donors (Lipinski definition) is 0. The van der Waals surface area contributed by atoms with Crippen LogP contribution in [0.5, 0.6) is 11.5 Å². The molecule has 2 aromatic carbocycles. The Hall–Kier alpha value is -3.28. The molecule has 0 saturated carbocycles. The van der Waals surface area contributed by atoms with Gasteiger partial charge < -0.3 is 9.47 Å². The minimum atomic E-state index is 0.562. The summed E-state index contributed by atoms with van der Waals surface area (Å²) < 4.78 is 13.7. The van der Waals surface area contributed by atoms with E-state index in [-0.39, 0.29) is 0 Å². The standard InChI is InChI=1S/C23H28N4O2/c1-3-27(4-2)25-23(26-16-15-24-19-26)21-13-8-9-14-22(21)29-18-10-17-28-20-11-6-5-7-12-20/h5-9,11-16,19H,3-4,10,17-18H2,1-2H3. The van der Waals surface area contributed by atoms with Crippen LogP contribution in [0.3, 0.4) is 0 Å². The van der Waals surface area contributed by atoms with E-state index in [0.29, 0.717) is 13.2 Å². The second-order valence-electron chi connectivity index (χ2n) is 6.39. The molecule has 0 aliphatic rings. The van der Waals surface area contributed by atoms with Gasteiger partial charge in [0.05, 0.1) is 18.8 Å². The fourth-order valence-electron chi connectivity index (χ4n) is 2.85. The van der Waals surface area contributed by atoms with E-state index in [1.165, 1.54) is 0 Å². The monoisotopic (exact) mass is 392 g/mol. The SMILES string of the molecule is CCN(CC)N=C(c1ccccc1OCCCOc1ccccc1)n1ccnc1. The molecule has 152 valence electrons. The van der Waals surface area contributed by atoms with Gasteiger partial charge in [-0.3, -0.25) is 9.58 Å². The molecule has 3 aromatic rings. The summed E-state index contributed by atoms with van der Waals surface area (Å²) >= 11 is 0. The van der Waals surface area contributed by atoms with Crippen LogP contribution in [0, 0.1) is 0 Å². The quantitative estimate of drug-likeness (QED) is 0.224. The Kier molecular flexibility index (Phi) is 7.69. The van der Waals surface area contributed by atoms with Crippen LogP contribution in [-0.2, 0) is 0 Å². The molecule has 0 fully saturated rings. The second-order valence-corrected chi connectivity index (χ2v) is 6.39. The van der Waals surface area contributed by atoms with E-state index in [0.717, 1.165) is 42.4 Å². The predicted molar refractivity (Wildman–Crippen MR) is 116 cm³/mol. The first-order valence-electron chi connectivity index (χ1n) is 10.0. The predicted octanol–water partition coefficient (Wildman–Crippen LogP) is 4.28. The Labute approximate surface area is 172 Å². The first-order valence-corrected chi connectivity index (χ1v) is 10.0. The zero-order valence-corrected chi connectivity index (χ0v) is 17.1. The number of rotatable bonds is 10. The van der Waals surface area contributed by atoms with E-state index in [1.807, 2.05) is 70.4 Å².